The van der Waals surface area contributed by atoms with Crippen molar-refractivity contribution < 1.29 is 19.0 Å². The second-order valence-corrected chi connectivity index (χ2v) is 4.19. The van der Waals surface area contributed by atoms with E-state index in [1.165, 1.54) is 17.2 Å². The first-order chi connectivity index (χ1) is 9.08. The van der Waals surface area contributed by atoms with Crippen LogP contribution in [0.3, 0.4) is 0 Å². The first-order valence-electron chi connectivity index (χ1n) is 5.53. The molecule has 3 heterocycles. The number of halogens is 1. The number of carboxylic acids is 1. The smallest absolute Gasteiger partial charge is 0.333 e. The Labute approximate surface area is 106 Å². The molecule has 0 bridgehead atoms. The fourth-order valence-corrected chi connectivity index (χ4v) is 2.09. The molecular weight excluding hydrogens is 257 g/mol. The summed E-state index contributed by atoms with van der Waals surface area (Å²) < 4.78 is 20.4. The summed E-state index contributed by atoms with van der Waals surface area (Å²) in [6.45, 7) is 0. The van der Waals surface area contributed by atoms with Crippen LogP contribution in [-0.4, -0.2) is 42.9 Å². The van der Waals surface area contributed by atoms with Gasteiger partial charge in [0.15, 0.2) is 23.8 Å². The minimum atomic E-state index is -1.45. The van der Waals surface area contributed by atoms with E-state index in [0.29, 0.717) is 11.2 Å². The van der Waals surface area contributed by atoms with Gasteiger partial charge in [-0.25, -0.2) is 24.1 Å². The number of imidazole rings is 1. The Balaban J connectivity index is 2.01. The number of nitrogens with zero attached hydrogens (tertiary/aromatic N) is 4. The molecule has 1 aliphatic heterocycles. The normalized spacial score (nSPS) is 26.9. The molecule has 3 rings (SSSR count). The summed E-state index contributed by atoms with van der Waals surface area (Å²) in [5.74, 6) is -1.02. The summed E-state index contributed by atoms with van der Waals surface area (Å²) in [7, 11) is 0. The number of ether oxygens (including phenoxy) is 1. The maximum absolute atomic E-state index is 13.9. The molecule has 0 amide bonds. The number of nitrogens with two attached hydrogens (primary N) is 1. The number of alkyl halides is 1. The molecule has 0 radical (unpaired) electrons. The maximum Gasteiger partial charge on any atom is 0.333 e. The van der Waals surface area contributed by atoms with Crippen LogP contribution in [0.4, 0.5) is 10.2 Å². The lowest BCUT2D eigenvalue weighted by molar-refractivity contribution is -0.151. The van der Waals surface area contributed by atoms with Crippen LogP contribution in [0.2, 0.25) is 0 Å². The van der Waals surface area contributed by atoms with E-state index in [4.69, 9.17) is 15.6 Å². The van der Waals surface area contributed by atoms with E-state index >= 15 is 0 Å². The zero-order valence-electron chi connectivity index (χ0n) is 9.60. The van der Waals surface area contributed by atoms with Gasteiger partial charge in [-0.2, -0.15) is 0 Å². The van der Waals surface area contributed by atoms with E-state index in [9.17, 15) is 9.18 Å². The number of carboxylic acid groups (broad SMARTS) is 1. The van der Waals surface area contributed by atoms with E-state index in [1.807, 2.05) is 0 Å². The van der Waals surface area contributed by atoms with Gasteiger partial charge in [0.1, 0.15) is 18.0 Å². The number of rotatable bonds is 2. The van der Waals surface area contributed by atoms with Gasteiger partial charge >= 0.3 is 5.97 Å². The van der Waals surface area contributed by atoms with Crippen LogP contribution in [-0.2, 0) is 9.53 Å². The highest BCUT2D eigenvalue weighted by molar-refractivity contribution is 5.81. The fraction of sp³-hybridized carbons (Fsp3) is 0.400. The SMILES string of the molecule is Nc1ncnc2c1ncn2[C@@H]1O[C@H](C(=O)O)CC1F. The summed E-state index contributed by atoms with van der Waals surface area (Å²) >= 11 is 0. The number of carbonyl (C=O) groups is 1. The predicted molar refractivity (Wildman–Crippen MR) is 60.8 cm³/mol. The molecule has 0 aromatic carbocycles. The van der Waals surface area contributed by atoms with Gasteiger partial charge in [-0.05, 0) is 0 Å². The Morgan fingerprint density at radius 3 is 3.00 bits per heavy atom. The van der Waals surface area contributed by atoms with Crippen molar-refractivity contribution in [1.82, 2.24) is 19.5 Å². The Kier molecular flexibility index (Phi) is 2.56. The molecular formula is C10H10FN5O3. The van der Waals surface area contributed by atoms with E-state index in [0.717, 1.165) is 0 Å². The molecule has 100 valence electrons. The van der Waals surface area contributed by atoms with Crippen LogP contribution in [0.1, 0.15) is 12.6 Å². The molecule has 0 saturated carbocycles. The molecule has 19 heavy (non-hydrogen) atoms. The summed E-state index contributed by atoms with van der Waals surface area (Å²) in [5.41, 5.74) is 6.26. The lowest BCUT2D eigenvalue weighted by Gasteiger charge is -2.14. The summed E-state index contributed by atoms with van der Waals surface area (Å²) in [6.07, 6.45) is -1.35. The fourth-order valence-electron chi connectivity index (χ4n) is 2.09. The topological polar surface area (TPSA) is 116 Å². The van der Waals surface area contributed by atoms with Crippen molar-refractivity contribution in [3.05, 3.63) is 12.7 Å². The molecule has 3 atom stereocenters. The Morgan fingerprint density at radius 1 is 1.53 bits per heavy atom. The lowest BCUT2D eigenvalue weighted by atomic mass is 10.2. The first kappa shape index (κ1) is 11.8. The number of anilines is 1. The molecule has 1 unspecified atom stereocenters. The van der Waals surface area contributed by atoms with Gasteiger partial charge in [-0.15, -0.1) is 0 Å². The number of hydrogen-bond acceptors (Lipinski definition) is 6. The average molecular weight is 267 g/mol. The molecule has 1 aliphatic rings. The monoisotopic (exact) mass is 267 g/mol. The quantitative estimate of drug-likeness (QED) is 0.793. The van der Waals surface area contributed by atoms with Crippen LogP contribution < -0.4 is 5.73 Å². The van der Waals surface area contributed by atoms with E-state index in [1.54, 1.807) is 0 Å². The van der Waals surface area contributed by atoms with Crippen molar-refractivity contribution in [2.45, 2.75) is 24.9 Å². The Bertz CT molecular complexity index is 645. The predicted octanol–water partition coefficient (Wildman–Crippen LogP) is 0.119. The lowest BCUT2D eigenvalue weighted by Crippen LogP contribution is -2.20. The molecule has 1 saturated heterocycles. The van der Waals surface area contributed by atoms with Gasteiger partial charge in [-0.3, -0.25) is 4.57 Å². The highest BCUT2D eigenvalue weighted by Gasteiger charge is 2.41. The standard InChI is InChI=1S/C10H10FN5O3/c11-4-1-5(10(17)18)19-9(4)16-3-15-6-7(12)13-2-14-8(6)16/h2-5,9H,1H2,(H,17,18)(H2,12,13,14)/t4?,5-,9+/m0/s1. The Morgan fingerprint density at radius 2 is 2.32 bits per heavy atom. The van der Waals surface area contributed by atoms with E-state index in [2.05, 4.69) is 15.0 Å². The average Bonchev–Trinajstić information content (AvgIpc) is 2.93. The van der Waals surface area contributed by atoms with Gasteiger partial charge in [0.25, 0.3) is 0 Å². The third kappa shape index (κ3) is 1.78. The highest BCUT2D eigenvalue weighted by Crippen LogP contribution is 2.33. The number of hydrogen-bond donors (Lipinski definition) is 2. The van der Waals surface area contributed by atoms with Gasteiger partial charge in [0.2, 0.25) is 0 Å². The number of aromatic nitrogens is 4. The van der Waals surface area contributed by atoms with Gasteiger partial charge < -0.3 is 15.6 Å². The second-order valence-electron chi connectivity index (χ2n) is 4.19. The number of fused-ring (bicyclic) bond motifs is 1. The van der Waals surface area contributed by atoms with Crippen molar-refractivity contribution in [3.63, 3.8) is 0 Å². The molecule has 2 aromatic heterocycles. The van der Waals surface area contributed by atoms with Crippen LogP contribution in [0.15, 0.2) is 12.7 Å². The molecule has 0 spiro atoms. The van der Waals surface area contributed by atoms with Crippen LogP contribution in [0, 0.1) is 0 Å². The minimum Gasteiger partial charge on any atom is -0.479 e. The number of nitrogen functional groups attached to an aromatic ring is 1. The second kappa shape index (κ2) is 4.12. The summed E-state index contributed by atoms with van der Waals surface area (Å²) in [6, 6.07) is 0. The van der Waals surface area contributed by atoms with Crippen LogP contribution in [0.25, 0.3) is 11.2 Å². The van der Waals surface area contributed by atoms with Crippen LogP contribution >= 0.6 is 0 Å². The zero-order chi connectivity index (χ0) is 13.6. The molecule has 8 nitrogen and oxygen atoms in total. The van der Waals surface area contributed by atoms with Gasteiger partial charge in [-0.1, -0.05) is 0 Å². The summed E-state index contributed by atoms with van der Waals surface area (Å²) in [5, 5.41) is 8.84. The van der Waals surface area contributed by atoms with E-state index in [-0.39, 0.29) is 12.2 Å². The highest BCUT2D eigenvalue weighted by atomic mass is 19.1. The Hall–Kier alpha value is -2.29. The summed E-state index contributed by atoms with van der Waals surface area (Å²) in [4.78, 5) is 22.5. The first-order valence-corrected chi connectivity index (χ1v) is 5.53. The van der Waals surface area contributed by atoms with Gasteiger partial charge in [0, 0.05) is 6.42 Å². The van der Waals surface area contributed by atoms with E-state index < -0.39 is 24.5 Å². The van der Waals surface area contributed by atoms with Crippen molar-refractivity contribution in [3.8, 4) is 0 Å². The van der Waals surface area contributed by atoms with Crippen molar-refractivity contribution >= 4 is 23.0 Å². The van der Waals surface area contributed by atoms with Crippen molar-refractivity contribution in [2.24, 2.45) is 0 Å². The molecule has 3 N–H and O–H groups in total. The van der Waals surface area contributed by atoms with Gasteiger partial charge in [0.05, 0.1) is 6.33 Å². The molecule has 9 heteroatoms. The maximum atomic E-state index is 13.9. The zero-order valence-corrected chi connectivity index (χ0v) is 9.60. The largest absolute Gasteiger partial charge is 0.479 e. The molecule has 2 aromatic rings. The third-order valence-corrected chi connectivity index (χ3v) is 2.99. The van der Waals surface area contributed by atoms with Crippen molar-refractivity contribution in [2.75, 3.05) is 5.73 Å². The van der Waals surface area contributed by atoms with Crippen molar-refractivity contribution in [1.29, 1.82) is 0 Å². The number of aliphatic carboxylic acids is 1. The minimum absolute atomic E-state index is 0.173. The van der Waals surface area contributed by atoms with Crippen LogP contribution in [0.5, 0.6) is 0 Å². The molecule has 1 fully saturated rings. The third-order valence-electron chi connectivity index (χ3n) is 2.99. The molecule has 0 aliphatic carbocycles.